The Kier molecular flexibility index (Phi) is 5.31. The van der Waals surface area contributed by atoms with Gasteiger partial charge in [-0.1, -0.05) is 42.8 Å². The second-order valence-corrected chi connectivity index (χ2v) is 6.15. The number of aromatic hydroxyl groups is 1. The van der Waals surface area contributed by atoms with Gasteiger partial charge in [0.15, 0.2) is 5.69 Å². The predicted molar refractivity (Wildman–Crippen MR) is 103 cm³/mol. The molecule has 0 fully saturated rings. The first-order valence-electron chi connectivity index (χ1n) is 8.65. The van der Waals surface area contributed by atoms with Crippen molar-refractivity contribution in [2.75, 3.05) is 11.9 Å². The van der Waals surface area contributed by atoms with E-state index in [2.05, 4.69) is 15.5 Å². The molecule has 0 aliphatic heterocycles. The van der Waals surface area contributed by atoms with E-state index in [1.54, 1.807) is 4.57 Å². The van der Waals surface area contributed by atoms with Crippen LogP contribution in [0.2, 0.25) is 0 Å². The summed E-state index contributed by atoms with van der Waals surface area (Å²) in [4.78, 5) is 12.0. The number of aromatic nitrogens is 1. The molecule has 6 nitrogen and oxygen atoms in total. The summed E-state index contributed by atoms with van der Waals surface area (Å²) >= 11 is 0. The van der Waals surface area contributed by atoms with Gasteiger partial charge in [0.05, 0.1) is 12.1 Å². The smallest absolute Gasteiger partial charge is 0.283 e. The SMILES string of the molecule is CCCn1c(O)c(N=NC(=O)CNc2ccc(C)cc2)c2ccccc21. The van der Waals surface area contributed by atoms with Gasteiger partial charge >= 0.3 is 0 Å². The number of nitrogens with one attached hydrogen (secondary N) is 1. The number of para-hydroxylation sites is 1. The first-order chi connectivity index (χ1) is 12.6. The second kappa shape index (κ2) is 7.82. The normalized spacial score (nSPS) is 11.3. The van der Waals surface area contributed by atoms with Crippen LogP contribution >= 0.6 is 0 Å². The number of benzene rings is 2. The lowest BCUT2D eigenvalue weighted by atomic mass is 10.2. The molecule has 134 valence electrons. The molecule has 2 N–H and O–H groups in total. The van der Waals surface area contributed by atoms with E-state index in [9.17, 15) is 9.90 Å². The molecule has 3 rings (SSSR count). The van der Waals surface area contributed by atoms with Gasteiger partial charge in [-0.15, -0.1) is 10.2 Å². The van der Waals surface area contributed by atoms with Gasteiger partial charge in [0.25, 0.3) is 5.91 Å². The van der Waals surface area contributed by atoms with Gasteiger partial charge in [-0.05, 0) is 31.5 Å². The number of carbonyl (C=O) groups is 1. The molecule has 0 bridgehead atoms. The number of fused-ring (bicyclic) bond motifs is 1. The fourth-order valence-electron chi connectivity index (χ4n) is 2.81. The number of anilines is 1. The van der Waals surface area contributed by atoms with Gasteiger partial charge < -0.3 is 15.0 Å². The molecular weight excluding hydrogens is 328 g/mol. The Labute approximate surface area is 152 Å². The van der Waals surface area contributed by atoms with Crippen molar-refractivity contribution in [3.05, 3.63) is 54.1 Å². The molecule has 0 radical (unpaired) electrons. The van der Waals surface area contributed by atoms with Crippen LogP contribution in [0.25, 0.3) is 10.9 Å². The summed E-state index contributed by atoms with van der Waals surface area (Å²) in [6, 6.07) is 15.3. The number of rotatable bonds is 6. The molecule has 3 aromatic rings. The van der Waals surface area contributed by atoms with E-state index in [0.717, 1.165) is 28.6 Å². The van der Waals surface area contributed by atoms with Gasteiger partial charge in [0.1, 0.15) is 0 Å². The van der Waals surface area contributed by atoms with E-state index >= 15 is 0 Å². The second-order valence-electron chi connectivity index (χ2n) is 6.15. The van der Waals surface area contributed by atoms with Crippen LogP contribution in [-0.4, -0.2) is 22.1 Å². The summed E-state index contributed by atoms with van der Waals surface area (Å²) in [6.07, 6.45) is 0.877. The zero-order valence-corrected chi connectivity index (χ0v) is 14.9. The van der Waals surface area contributed by atoms with Crippen LogP contribution in [0.1, 0.15) is 18.9 Å². The number of aryl methyl sites for hydroxylation is 2. The monoisotopic (exact) mass is 350 g/mol. The summed E-state index contributed by atoms with van der Waals surface area (Å²) in [6.45, 7) is 4.76. The lowest BCUT2D eigenvalue weighted by Gasteiger charge is -2.04. The average Bonchev–Trinajstić information content (AvgIpc) is 2.92. The largest absolute Gasteiger partial charge is 0.493 e. The lowest BCUT2D eigenvalue weighted by Crippen LogP contribution is -2.10. The Morgan fingerprint density at radius 2 is 1.88 bits per heavy atom. The minimum absolute atomic E-state index is 0.0380. The van der Waals surface area contributed by atoms with Gasteiger partial charge in [-0.3, -0.25) is 4.79 Å². The number of azo groups is 1. The van der Waals surface area contributed by atoms with E-state index in [1.165, 1.54) is 0 Å². The van der Waals surface area contributed by atoms with Crippen LogP contribution in [0, 0.1) is 6.92 Å². The van der Waals surface area contributed by atoms with Crippen molar-refractivity contribution in [1.29, 1.82) is 0 Å². The Balaban J connectivity index is 1.76. The highest BCUT2D eigenvalue weighted by Crippen LogP contribution is 2.38. The number of hydrogen-bond donors (Lipinski definition) is 2. The quantitative estimate of drug-likeness (QED) is 0.627. The van der Waals surface area contributed by atoms with Crippen molar-refractivity contribution in [1.82, 2.24) is 4.57 Å². The summed E-state index contributed by atoms with van der Waals surface area (Å²) in [5.41, 5.74) is 3.21. The third-order valence-electron chi connectivity index (χ3n) is 4.12. The number of hydrogen-bond acceptors (Lipinski definition) is 4. The predicted octanol–water partition coefficient (Wildman–Crippen LogP) is 4.79. The zero-order valence-electron chi connectivity index (χ0n) is 14.9. The van der Waals surface area contributed by atoms with Crippen LogP contribution in [0.4, 0.5) is 11.4 Å². The van der Waals surface area contributed by atoms with Gasteiger partial charge in [-0.25, -0.2) is 0 Å². The molecule has 0 aliphatic carbocycles. The number of amides is 1. The molecule has 0 spiro atoms. The van der Waals surface area contributed by atoms with E-state index in [4.69, 9.17) is 0 Å². The van der Waals surface area contributed by atoms with Gasteiger partial charge in [0, 0.05) is 17.6 Å². The molecular formula is C20H22N4O2. The molecule has 6 heteroatoms. The first kappa shape index (κ1) is 17.7. The fourth-order valence-corrected chi connectivity index (χ4v) is 2.81. The molecule has 0 unspecified atom stereocenters. The summed E-state index contributed by atoms with van der Waals surface area (Å²) in [5.74, 6) is -0.367. The Hall–Kier alpha value is -3.15. The summed E-state index contributed by atoms with van der Waals surface area (Å²) < 4.78 is 1.79. The maximum atomic E-state index is 12.0. The van der Waals surface area contributed by atoms with Crippen molar-refractivity contribution in [2.24, 2.45) is 10.2 Å². The van der Waals surface area contributed by atoms with Crippen LogP contribution in [0.5, 0.6) is 5.88 Å². The highest BCUT2D eigenvalue weighted by atomic mass is 16.3. The summed E-state index contributed by atoms with van der Waals surface area (Å²) in [5, 5.41) is 22.1. The van der Waals surface area contributed by atoms with Crippen molar-refractivity contribution >= 4 is 28.2 Å². The minimum atomic E-state index is -0.405. The third-order valence-corrected chi connectivity index (χ3v) is 4.12. The van der Waals surface area contributed by atoms with Crippen molar-refractivity contribution in [3.63, 3.8) is 0 Å². The van der Waals surface area contributed by atoms with Crippen LogP contribution in [0.3, 0.4) is 0 Å². The topological polar surface area (TPSA) is 79.0 Å². The van der Waals surface area contributed by atoms with Gasteiger partial charge in [0.2, 0.25) is 5.88 Å². The molecule has 26 heavy (non-hydrogen) atoms. The van der Waals surface area contributed by atoms with Crippen molar-refractivity contribution in [3.8, 4) is 5.88 Å². The summed E-state index contributed by atoms with van der Waals surface area (Å²) in [7, 11) is 0. The first-order valence-corrected chi connectivity index (χ1v) is 8.65. The highest BCUT2D eigenvalue weighted by molar-refractivity contribution is 5.95. The Bertz CT molecular complexity index is 942. The molecule has 2 aromatic carbocycles. The Morgan fingerprint density at radius 1 is 1.15 bits per heavy atom. The van der Waals surface area contributed by atoms with Crippen LogP contribution in [-0.2, 0) is 11.3 Å². The van der Waals surface area contributed by atoms with Gasteiger partial charge in [-0.2, -0.15) is 0 Å². The standard InChI is InChI=1S/C20H22N4O2/c1-3-12-24-17-7-5-4-6-16(17)19(20(24)26)23-22-18(25)13-21-15-10-8-14(2)9-11-15/h4-11,21,26H,3,12-13H2,1-2H3. The van der Waals surface area contributed by atoms with Crippen LogP contribution in [0.15, 0.2) is 58.8 Å². The van der Waals surface area contributed by atoms with Crippen molar-refractivity contribution < 1.29 is 9.90 Å². The minimum Gasteiger partial charge on any atom is -0.493 e. The van der Waals surface area contributed by atoms with Crippen molar-refractivity contribution in [2.45, 2.75) is 26.8 Å². The van der Waals surface area contributed by atoms with E-state index in [-0.39, 0.29) is 12.4 Å². The fraction of sp³-hybridized carbons (Fsp3) is 0.250. The number of carbonyl (C=O) groups excluding carboxylic acids is 1. The Morgan fingerprint density at radius 3 is 2.62 bits per heavy atom. The third kappa shape index (κ3) is 3.74. The van der Waals surface area contributed by atoms with Crippen LogP contribution < -0.4 is 5.32 Å². The van der Waals surface area contributed by atoms with E-state index in [1.807, 2.05) is 62.4 Å². The molecule has 1 aromatic heterocycles. The number of nitrogens with zero attached hydrogens (tertiary/aromatic N) is 3. The highest BCUT2D eigenvalue weighted by Gasteiger charge is 2.16. The molecule has 0 saturated carbocycles. The lowest BCUT2D eigenvalue weighted by molar-refractivity contribution is -0.116. The molecule has 1 amide bonds. The van der Waals surface area contributed by atoms with E-state index < -0.39 is 5.91 Å². The molecule has 0 aliphatic rings. The maximum absolute atomic E-state index is 12.0. The molecule has 0 saturated heterocycles. The zero-order chi connectivity index (χ0) is 18.5. The molecule has 0 atom stereocenters. The maximum Gasteiger partial charge on any atom is 0.283 e. The van der Waals surface area contributed by atoms with E-state index in [0.29, 0.717) is 12.2 Å². The average molecular weight is 350 g/mol. The molecule has 1 heterocycles.